The highest BCUT2D eigenvalue weighted by Gasteiger charge is 2.54. The summed E-state index contributed by atoms with van der Waals surface area (Å²) in [4.78, 5) is 18.2. The minimum atomic E-state index is -0.968. The first kappa shape index (κ1) is 24.3. The Labute approximate surface area is 208 Å². The maximum absolute atomic E-state index is 15.7. The summed E-state index contributed by atoms with van der Waals surface area (Å²) in [5.74, 6) is -0.0793. The molecule has 0 unspecified atom stereocenters. The van der Waals surface area contributed by atoms with E-state index in [4.69, 9.17) is 0 Å². The summed E-state index contributed by atoms with van der Waals surface area (Å²) in [7, 11) is 3.30. The van der Waals surface area contributed by atoms with Gasteiger partial charge in [-0.1, -0.05) is 26.3 Å². The van der Waals surface area contributed by atoms with Crippen LogP contribution >= 0.6 is 0 Å². The van der Waals surface area contributed by atoms with Crippen LogP contribution in [0.15, 0.2) is 41.5 Å². The summed E-state index contributed by atoms with van der Waals surface area (Å²) in [6, 6.07) is 5.39. The van der Waals surface area contributed by atoms with E-state index in [9.17, 15) is 14.3 Å². The zero-order valence-corrected chi connectivity index (χ0v) is 21.0. The molecule has 2 saturated carbocycles. The third kappa shape index (κ3) is 4.14. The first-order valence-electron chi connectivity index (χ1n) is 12.3. The summed E-state index contributed by atoms with van der Waals surface area (Å²) in [5.41, 5.74) is 0.195. The van der Waals surface area contributed by atoms with Gasteiger partial charge in [0.1, 0.15) is 17.7 Å². The SMILES string of the molecule is CN(c1cnc(-c2ccc(-c3cc(=O)n(C)cc3F)cc2O)nn1)[C@@H]1C[C@@]2(C)CCC[C@](C)(C2)[C@@H]1F. The van der Waals surface area contributed by atoms with E-state index in [1.165, 1.54) is 25.4 Å². The molecule has 2 aliphatic carbocycles. The van der Waals surface area contributed by atoms with Gasteiger partial charge in [-0.3, -0.25) is 4.79 Å². The number of alkyl halides is 1. The van der Waals surface area contributed by atoms with Crippen LogP contribution in [0.5, 0.6) is 5.75 Å². The Balaban J connectivity index is 1.39. The van der Waals surface area contributed by atoms with Crippen molar-refractivity contribution in [1.29, 1.82) is 0 Å². The number of nitrogens with zero attached hydrogens (tertiary/aromatic N) is 5. The molecule has 0 spiro atoms. The van der Waals surface area contributed by atoms with Crippen molar-refractivity contribution in [2.75, 3.05) is 11.9 Å². The van der Waals surface area contributed by atoms with Gasteiger partial charge in [0.05, 0.1) is 17.8 Å². The lowest BCUT2D eigenvalue weighted by atomic mass is 9.54. The summed E-state index contributed by atoms with van der Waals surface area (Å²) < 4.78 is 31.2. The predicted octanol–water partition coefficient (Wildman–Crippen LogP) is 4.88. The number of hydrogen-bond acceptors (Lipinski definition) is 6. The molecule has 1 N–H and O–H groups in total. The maximum Gasteiger partial charge on any atom is 0.251 e. The fourth-order valence-corrected chi connectivity index (χ4v) is 6.32. The maximum atomic E-state index is 15.7. The number of aromatic nitrogens is 4. The average molecular weight is 496 g/mol. The first-order chi connectivity index (χ1) is 17.0. The monoisotopic (exact) mass is 495 g/mol. The predicted molar refractivity (Wildman–Crippen MR) is 134 cm³/mol. The van der Waals surface area contributed by atoms with Crippen molar-refractivity contribution < 1.29 is 13.9 Å². The van der Waals surface area contributed by atoms with E-state index in [0.717, 1.165) is 42.9 Å². The fourth-order valence-electron chi connectivity index (χ4n) is 6.32. The standard InChI is InChI=1S/C27H31F2N5O2/c1-26-8-5-9-27(2,15-26)24(29)20(12-26)34(4)22-13-30-25(32-31-22)17-7-6-16(10-21(17)35)18-11-23(36)33(3)14-19(18)28/h6-7,10-11,13-14,20,24,35H,5,8-9,12,15H2,1-4H3/t20-,24-,26-,27-/m1/s1. The van der Waals surface area contributed by atoms with Crippen LogP contribution in [-0.2, 0) is 7.05 Å². The van der Waals surface area contributed by atoms with E-state index in [1.807, 2.05) is 11.9 Å². The Morgan fingerprint density at radius 3 is 2.64 bits per heavy atom. The van der Waals surface area contributed by atoms with Gasteiger partial charge in [0.25, 0.3) is 5.56 Å². The van der Waals surface area contributed by atoms with Crippen molar-refractivity contribution >= 4 is 5.82 Å². The number of anilines is 1. The van der Waals surface area contributed by atoms with Crippen LogP contribution < -0.4 is 10.5 Å². The number of phenols is 1. The molecule has 0 aliphatic heterocycles. The fraction of sp³-hybridized carbons (Fsp3) is 0.481. The zero-order valence-electron chi connectivity index (χ0n) is 21.0. The second-order valence-electron chi connectivity index (χ2n) is 11.1. The summed E-state index contributed by atoms with van der Waals surface area (Å²) in [6.07, 6.45) is 6.41. The number of phenolic OH excluding ortho intramolecular Hbond substituents is 1. The Bertz CT molecular complexity index is 1360. The summed E-state index contributed by atoms with van der Waals surface area (Å²) in [6.45, 7) is 4.32. The van der Waals surface area contributed by atoms with Gasteiger partial charge in [0.15, 0.2) is 11.6 Å². The average Bonchev–Trinajstić information content (AvgIpc) is 2.83. The Kier molecular flexibility index (Phi) is 5.84. The van der Waals surface area contributed by atoms with Crippen molar-refractivity contribution in [1.82, 2.24) is 19.7 Å². The van der Waals surface area contributed by atoms with Crippen molar-refractivity contribution in [3.05, 3.63) is 52.8 Å². The molecule has 4 atom stereocenters. The van der Waals surface area contributed by atoms with Crippen LogP contribution in [0.4, 0.5) is 14.6 Å². The summed E-state index contributed by atoms with van der Waals surface area (Å²) >= 11 is 0. The van der Waals surface area contributed by atoms with E-state index in [-0.39, 0.29) is 39.6 Å². The highest BCUT2D eigenvalue weighted by molar-refractivity contribution is 5.73. The number of benzene rings is 1. The van der Waals surface area contributed by atoms with Gasteiger partial charge in [-0.05, 0) is 48.8 Å². The van der Waals surface area contributed by atoms with E-state index >= 15 is 4.39 Å². The number of fused-ring (bicyclic) bond motifs is 2. The van der Waals surface area contributed by atoms with Gasteiger partial charge in [-0.15, -0.1) is 10.2 Å². The van der Waals surface area contributed by atoms with E-state index in [1.54, 1.807) is 12.1 Å². The number of rotatable bonds is 4. The minimum Gasteiger partial charge on any atom is -0.507 e. The highest BCUT2D eigenvalue weighted by atomic mass is 19.1. The largest absolute Gasteiger partial charge is 0.507 e. The van der Waals surface area contributed by atoms with Gasteiger partial charge in [0, 0.05) is 37.3 Å². The molecule has 2 aliphatic rings. The third-order valence-corrected chi connectivity index (χ3v) is 8.20. The molecule has 7 nitrogen and oxygen atoms in total. The summed E-state index contributed by atoms with van der Waals surface area (Å²) in [5, 5.41) is 19.1. The molecule has 9 heteroatoms. The molecule has 1 aromatic carbocycles. The van der Waals surface area contributed by atoms with Gasteiger partial charge >= 0.3 is 0 Å². The molecule has 0 amide bonds. The molecular formula is C27H31F2N5O2. The van der Waals surface area contributed by atoms with Crippen LogP contribution in [0, 0.1) is 16.6 Å². The normalized spacial score (nSPS) is 27.6. The molecule has 2 fully saturated rings. The van der Waals surface area contributed by atoms with Crippen molar-refractivity contribution in [2.24, 2.45) is 17.9 Å². The van der Waals surface area contributed by atoms with Crippen LogP contribution in [0.1, 0.15) is 46.0 Å². The second kappa shape index (κ2) is 8.64. The number of aryl methyl sites for hydroxylation is 1. The van der Waals surface area contributed by atoms with E-state index < -0.39 is 12.0 Å². The highest BCUT2D eigenvalue weighted by Crippen LogP contribution is 2.57. The molecule has 2 bridgehead atoms. The number of pyridine rings is 1. The lowest BCUT2D eigenvalue weighted by molar-refractivity contribution is -0.0540. The van der Waals surface area contributed by atoms with Gasteiger partial charge in [0.2, 0.25) is 0 Å². The smallest absolute Gasteiger partial charge is 0.251 e. The minimum absolute atomic E-state index is 0.0939. The Hall–Kier alpha value is -3.36. The van der Waals surface area contributed by atoms with Gasteiger partial charge < -0.3 is 14.6 Å². The second-order valence-corrected chi connectivity index (χ2v) is 11.1. The van der Waals surface area contributed by atoms with Crippen molar-refractivity contribution in [3.8, 4) is 28.3 Å². The van der Waals surface area contributed by atoms with Gasteiger partial charge in [-0.2, -0.15) is 0 Å². The molecule has 5 rings (SSSR count). The molecule has 190 valence electrons. The molecule has 3 aromatic rings. The van der Waals surface area contributed by atoms with Crippen LogP contribution in [-0.4, -0.2) is 44.1 Å². The van der Waals surface area contributed by atoms with Gasteiger partial charge in [-0.25, -0.2) is 13.8 Å². The van der Waals surface area contributed by atoms with Crippen LogP contribution in [0.25, 0.3) is 22.5 Å². The third-order valence-electron chi connectivity index (χ3n) is 8.20. The van der Waals surface area contributed by atoms with Crippen molar-refractivity contribution in [2.45, 2.75) is 58.2 Å². The quantitative estimate of drug-likeness (QED) is 0.555. The number of halogens is 2. The molecule has 36 heavy (non-hydrogen) atoms. The van der Waals surface area contributed by atoms with Crippen LogP contribution in [0.3, 0.4) is 0 Å². The lowest BCUT2D eigenvalue weighted by Gasteiger charge is -2.55. The molecular weight excluding hydrogens is 464 g/mol. The first-order valence-corrected chi connectivity index (χ1v) is 12.3. The molecule has 0 radical (unpaired) electrons. The Morgan fingerprint density at radius 2 is 1.94 bits per heavy atom. The molecule has 2 aromatic heterocycles. The van der Waals surface area contributed by atoms with Crippen LogP contribution in [0.2, 0.25) is 0 Å². The molecule has 0 saturated heterocycles. The number of aromatic hydroxyl groups is 1. The van der Waals surface area contributed by atoms with Crippen molar-refractivity contribution in [3.63, 3.8) is 0 Å². The zero-order chi connectivity index (χ0) is 25.8. The topological polar surface area (TPSA) is 84.1 Å². The lowest BCUT2D eigenvalue weighted by Crippen LogP contribution is -2.57. The van der Waals surface area contributed by atoms with E-state index in [0.29, 0.717) is 16.9 Å². The Morgan fingerprint density at radius 1 is 1.17 bits per heavy atom. The van der Waals surface area contributed by atoms with E-state index in [2.05, 4.69) is 29.0 Å². The molecule has 2 heterocycles. The number of hydrogen-bond donors (Lipinski definition) is 1.